The molecule has 0 radical (unpaired) electrons. The average molecular weight is 485 g/mol. The Labute approximate surface area is 206 Å². The van der Waals surface area contributed by atoms with Crippen molar-refractivity contribution in [2.24, 2.45) is 0 Å². The van der Waals surface area contributed by atoms with Crippen LogP contribution in [0.25, 0.3) is 37.9 Å². The van der Waals surface area contributed by atoms with E-state index in [0.29, 0.717) is 16.5 Å². The van der Waals surface area contributed by atoms with Crippen LogP contribution in [0.1, 0.15) is 18.1 Å². The van der Waals surface area contributed by atoms with E-state index in [9.17, 15) is 4.79 Å². The number of para-hydroxylation sites is 2. The molecule has 176 valence electrons. The number of methoxy groups -OCH3 is 2. The van der Waals surface area contributed by atoms with E-state index >= 15 is 0 Å². The first-order valence-electron chi connectivity index (χ1n) is 11.1. The molecule has 6 nitrogen and oxygen atoms in total. The minimum atomic E-state index is -0.251. The van der Waals surface area contributed by atoms with Crippen molar-refractivity contribution >= 4 is 49.1 Å². The summed E-state index contributed by atoms with van der Waals surface area (Å²) in [5.41, 5.74) is 6.06. The lowest BCUT2D eigenvalue weighted by Crippen LogP contribution is -2.08. The van der Waals surface area contributed by atoms with Crippen LogP contribution in [-0.2, 0) is 4.79 Å². The highest BCUT2D eigenvalue weighted by Gasteiger charge is 2.17. The molecule has 0 saturated heterocycles. The summed E-state index contributed by atoms with van der Waals surface area (Å²) in [7, 11) is 3.25. The lowest BCUT2D eigenvalue weighted by atomic mass is 9.99. The van der Waals surface area contributed by atoms with E-state index in [0.717, 1.165) is 49.2 Å². The first kappa shape index (κ1) is 22.7. The van der Waals surface area contributed by atoms with E-state index in [4.69, 9.17) is 13.9 Å². The lowest BCUT2D eigenvalue weighted by Gasteiger charge is -2.11. The maximum atomic E-state index is 12.8. The summed E-state index contributed by atoms with van der Waals surface area (Å²) in [5.74, 6) is 1.12. The van der Waals surface area contributed by atoms with Gasteiger partial charge in [-0.15, -0.1) is 0 Å². The van der Waals surface area contributed by atoms with Gasteiger partial charge >= 0.3 is 0 Å². The first-order valence-corrected chi connectivity index (χ1v) is 11.9. The molecule has 2 heterocycles. The number of ether oxygens (including phenoxy) is 2. The maximum Gasteiger partial charge on any atom is 0.250 e. The number of hydrogen-bond donors (Lipinski definition) is 1. The predicted octanol–water partition coefficient (Wildman–Crippen LogP) is 7.08. The van der Waals surface area contributed by atoms with Crippen molar-refractivity contribution < 1.29 is 18.7 Å². The number of furan rings is 1. The highest BCUT2D eigenvalue weighted by Crippen LogP contribution is 2.40. The largest absolute Gasteiger partial charge is 0.496 e. The molecule has 1 N–H and O–H groups in total. The Balaban J connectivity index is 1.50. The second kappa shape index (κ2) is 9.27. The van der Waals surface area contributed by atoms with Gasteiger partial charge in [0, 0.05) is 34.2 Å². The number of allylic oxidation sites excluding steroid dienone is 1. The molecule has 35 heavy (non-hydrogen) atoms. The van der Waals surface area contributed by atoms with Gasteiger partial charge in [0.25, 0.3) is 0 Å². The molecule has 0 aliphatic rings. The Morgan fingerprint density at radius 2 is 1.83 bits per heavy atom. The molecule has 0 fully saturated rings. The normalized spacial score (nSPS) is 11.7. The molecule has 0 spiro atoms. The van der Waals surface area contributed by atoms with Crippen LogP contribution in [0.2, 0.25) is 0 Å². The number of nitrogens with zero attached hydrogens (tertiary/aromatic N) is 1. The number of thiazole rings is 1. The fourth-order valence-corrected chi connectivity index (χ4v) is 5.11. The number of carbonyl (C=O) groups excluding carboxylic acids is 1. The molecule has 5 rings (SSSR count). The molecule has 2 aromatic heterocycles. The molecule has 7 heteroatoms. The van der Waals surface area contributed by atoms with Gasteiger partial charge in [-0.3, -0.25) is 10.1 Å². The lowest BCUT2D eigenvalue weighted by molar-refractivity contribution is -0.111. The van der Waals surface area contributed by atoms with Crippen molar-refractivity contribution in [1.82, 2.24) is 4.98 Å². The molecule has 1 amide bonds. The number of hydrogen-bond acceptors (Lipinski definition) is 6. The number of rotatable bonds is 6. The molecule has 5 aromatic rings. The Morgan fingerprint density at radius 1 is 1.03 bits per heavy atom. The topological polar surface area (TPSA) is 73.6 Å². The second-order valence-corrected chi connectivity index (χ2v) is 9.19. The standard InChI is InChI=1S/C28H24N2O4S/c1-16-8-7-11-25-27(16)30-28(35-25)29-26(31)12-17(2)19-13-20-21(15-34-24(20)14-23(19)33-4)18-9-5-6-10-22(18)32-3/h5-15H,1-4H3,(H,29,30,31)/b17-12+. The van der Waals surface area contributed by atoms with Crippen LogP contribution in [-0.4, -0.2) is 25.1 Å². The van der Waals surface area contributed by atoms with Gasteiger partial charge in [-0.25, -0.2) is 4.98 Å². The predicted molar refractivity (Wildman–Crippen MR) is 141 cm³/mol. The second-order valence-electron chi connectivity index (χ2n) is 8.16. The van der Waals surface area contributed by atoms with Gasteiger partial charge in [0.2, 0.25) is 5.91 Å². The van der Waals surface area contributed by atoms with Gasteiger partial charge in [0.15, 0.2) is 5.13 Å². The number of carbonyl (C=O) groups is 1. The number of fused-ring (bicyclic) bond motifs is 2. The smallest absolute Gasteiger partial charge is 0.250 e. The van der Waals surface area contributed by atoms with E-state index < -0.39 is 0 Å². The zero-order valence-electron chi connectivity index (χ0n) is 19.8. The molecular weight excluding hydrogens is 460 g/mol. The fraction of sp³-hybridized carbons (Fsp3) is 0.143. The number of benzene rings is 3. The first-order chi connectivity index (χ1) is 17.0. The van der Waals surface area contributed by atoms with Crippen molar-refractivity contribution in [3.8, 4) is 22.6 Å². The number of amides is 1. The van der Waals surface area contributed by atoms with Crippen molar-refractivity contribution in [1.29, 1.82) is 0 Å². The minimum absolute atomic E-state index is 0.251. The molecule has 0 aliphatic carbocycles. The Kier molecular flexibility index (Phi) is 6.01. The number of nitrogens with one attached hydrogen (secondary N) is 1. The average Bonchev–Trinajstić information content (AvgIpc) is 3.47. The van der Waals surface area contributed by atoms with Gasteiger partial charge in [0.05, 0.1) is 30.7 Å². The zero-order chi connectivity index (χ0) is 24.5. The van der Waals surface area contributed by atoms with Crippen LogP contribution in [0.15, 0.2) is 71.4 Å². The van der Waals surface area contributed by atoms with E-state index in [1.165, 1.54) is 11.3 Å². The van der Waals surface area contributed by atoms with Crippen molar-refractivity contribution in [2.75, 3.05) is 19.5 Å². The Morgan fingerprint density at radius 3 is 2.60 bits per heavy atom. The van der Waals surface area contributed by atoms with E-state index in [1.807, 2.05) is 68.4 Å². The molecule has 3 aromatic carbocycles. The highest BCUT2D eigenvalue weighted by atomic mass is 32.1. The fourth-order valence-electron chi connectivity index (χ4n) is 4.16. The van der Waals surface area contributed by atoms with Crippen molar-refractivity contribution in [2.45, 2.75) is 13.8 Å². The Hall–Kier alpha value is -4.10. The van der Waals surface area contributed by atoms with E-state index in [1.54, 1.807) is 26.6 Å². The maximum absolute atomic E-state index is 12.8. The molecule has 0 unspecified atom stereocenters. The third-order valence-electron chi connectivity index (χ3n) is 5.92. The van der Waals surface area contributed by atoms with Gasteiger partial charge in [-0.2, -0.15) is 0 Å². The molecular formula is C28H24N2O4S. The van der Waals surface area contributed by atoms with Crippen LogP contribution in [0.3, 0.4) is 0 Å². The molecule has 0 aliphatic heterocycles. The summed E-state index contributed by atoms with van der Waals surface area (Å²) in [4.78, 5) is 17.4. The van der Waals surface area contributed by atoms with E-state index in [2.05, 4.69) is 10.3 Å². The van der Waals surface area contributed by atoms with Crippen LogP contribution in [0.5, 0.6) is 11.5 Å². The quantitative estimate of drug-likeness (QED) is 0.261. The van der Waals surface area contributed by atoms with Gasteiger partial charge in [-0.05, 0) is 43.2 Å². The number of aryl methyl sites for hydroxylation is 1. The summed E-state index contributed by atoms with van der Waals surface area (Å²) in [6.07, 6.45) is 3.28. The van der Waals surface area contributed by atoms with Crippen LogP contribution in [0, 0.1) is 6.92 Å². The SMILES string of the molecule is COc1cc2occ(-c3ccccc3OC)c2cc1/C(C)=C/C(=O)Nc1nc2c(C)cccc2s1. The van der Waals surface area contributed by atoms with Crippen LogP contribution < -0.4 is 14.8 Å². The summed E-state index contributed by atoms with van der Waals surface area (Å²) >= 11 is 1.46. The summed E-state index contributed by atoms with van der Waals surface area (Å²) in [6, 6.07) is 17.6. The van der Waals surface area contributed by atoms with Crippen LogP contribution >= 0.6 is 11.3 Å². The summed E-state index contributed by atoms with van der Waals surface area (Å²) in [5, 5.41) is 4.37. The van der Waals surface area contributed by atoms with Gasteiger partial charge < -0.3 is 13.9 Å². The summed E-state index contributed by atoms with van der Waals surface area (Å²) in [6.45, 7) is 3.89. The molecule has 0 bridgehead atoms. The van der Waals surface area contributed by atoms with Gasteiger partial charge in [-0.1, -0.05) is 41.7 Å². The van der Waals surface area contributed by atoms with Crippen molar-refractivity contribution in [3.05, 3.63) is 78.1 Å². The Bertz CT molecular complexity index is 1600. The number of aromatic nitrogens is 1. The minimum Gasteiger partial charge on any atom is -0.496 e. The summed E-state index contributed by atoms with van der Waals surface area (Å²) < 4.78 is 18.0. The monoisotopic (exact) mass is 484 g/mol. The highest BCUT2D eigenvalue weighted by molar-refractivity contribution is 7.22. The van der Waals surface area contributed by atoms with Crippen LogP contribution in [0.4, 0.5) is 5.13 Å². The zero-order valence-corrected chi connectivity index (χ0v) is 20.7. The van der Waals surface area contributed by atoms with Crippen molar-refractivity contribution in [3.63, 3.8) is 0 Å². The third-order valence-corrected chi connectivity index (χ3v) is 6.85. The van der Waals surface area contributed by atoms with E-state index in [-0.39, 0.29) is 5.91 Å². The van der Waals surface area contributed by atoms with Gasteiger partial charge in [0.1, 0.15) is 17.1 Å². The third kappa shape index (κ3) is 4.26. The molecule has 0 saturated carbocycles. The number of anilines is 1. The molecule has 0 atom stereocenters.